The molecule has 0 aromatic heterocycles. The molecule has 2 aromatic carbocycles. The molecule has 144 valence electrons. The Balaban J connectivity index is 1.96. The number of amides is 1. The van der Waals surface area contributed by atoms with Gasteiger partial charge in [0, 0.05) is 28.7 Å². The first kappa shape index (κ1) is 20.1. The molecule has 0 spiro atoms. The van der Waals surface area contributed by atoms with E-state index in [1.165, 1.54) is 6.07 Å². The van der Waals surface area contributed by atoms with Gasteiger partial charge in [0.1, 0.15) is 5.82 Å². The highest BCUT2D eigenvalue weighted by atomic mass is 35.5. The van der Waals surface area contributed by atoms with Crippen LogP contribution in [-0.4, -0.2) is 28.9 Å². The maximum atomic E-state index is 14.7. The smallest absolute Gasteiger partial charge is 0.242 e. The predicted octanol–water partition coefficient (Wildman–Crippen LogP) is 5.73. The van der Waals surface area contributed by atoms with Crippen LogP contribution in [0.3, 0.4) is 0 Å². The van der Waals surface area contributed by atoms with Gasteiger partial charge in [-0.15, -0.1) is 0 Å². The number of carbonyl (C=O) groups excluding carboxylic acids is 1. The topological polar surface area (TPSA) is 32.3 Å². The van der Waals surface area contributed by atoms with E-state index in [1.807, 2.05) is 0 Å². The van der Waals surface area contributed by atoms with E-state index in [0.717, 1.165) is 0 Å². The summed E-state index contributed by atoms with van der Waals surface area (Å²) in [6.07, 6.45) is 0.683. The molecule has 0 bridgehead atoms. The number of carbonyl (C=O) groups is 1. The van der Waals surface area contributed by atoms with Crippen LogP contribution in [0.2, 0.25) is 10.0 Å². The highest BCUT2D eigenvalue weighted by molar-refractivity contribution is 6.31. The average molecular weight is 409 g/mol. The molecule has 0 radical (unpaired) electrons. The van der Waals surface area contributed by atoms with E-state index in [-0.39, 0.29) is 22.4 Å². The lowest BCUT2D eigenvalue weighted by atomic mass is 9.89. The van der Waals surface area contributed by atoms with Crippen molar-refractivity contribution in [3.63, 3.8) is 0 Å². The van der Waals surface area contributed by atoms with Crippen LogP contribution < -0.4 is 5.32 Å². The summed E-state index contributed by atoms with van der Waals surface area (Å²) in [5, 5.41) is 3.57. The standard InChI is InChI=1S/C21H23Cl2FN2O/c1-21(2,3)26-11-10-16(15-8-5-9-17(23)18(15)24)19(26)20(27)25-14-7-4-6-13(22)12-14/h4-9,12,16,19H,10-11H2,1-3H3,(H,25,27). The van der Waals surface area contributed by atoms with Gasteiger partial charge < -0.3 is 5.32 Å². The minimum Gasteiger partial charge on any atom is -0.325 e. The summed E-state index contributed by atoms with van der Waals surface area (Å²) < 4.78 is 14.7. The van der Waals surface area contributed by atoms with Crippen molar-refractivity contribution in [2.45, 2.75) is 44.7 Å². The highest BCUT2D eigenvalue weighted by Crippen LogP contribution is 2.40. The van der Waals surface area contributed by atoms with Crippen LogP contribution in [0.25, 0.3) is 0 Å². The summed E-state index contributed by atoms with van der Waals surface area (Å²) in [6.45, 7) is 6.88. The molecule has 3 rings (SSSR count). The van der Waals surface area contributed by atoms with Crippen molar-refractivity contribution in [2.75, 3.05) is 11.9 Å². The van der Waals surface area contributed by atoms with Crippen LogP contribution in [-0.2, 0) is 4.79 Å². The molecule has 27 heavy (non-hydrogen) atoms. The number of benzene rings is 2. The van der Waals surface area contributed by atoms with Crippen molar-refractivity contribution in [1.82, 2.24) is 4.90 Å². The van der Waals surface area contributed by atoms with Crippen LogP contribution in [0, 0.1) is 5.82 Å². The van der Waals surface area contributed by atoms with Gasteiger partial charge in [0.25, 0.3) is 0 Å². The second kappa shape index (κ2) is 7.78. The summed E-state index contributed by atoms with van der Waals surface area (Å²) in [7, 11) is 0. The van der Waals surface area contributed by atoms with Crippen molar-refractivity contribution in [3.8, 4) is 0 Å². The molecule has 1 heterocycles. The van der Waals surface area contributed by atoms with Crippen LogP contribution >= 0.6 is 23.2 Å². The van der Waals surface area contributed by atoms with Gasteiger partial charge in [-0.2, -0.15) is 0 Å². The summed E-state index contributed by atoms with van der Waals surface area (Å²) in [6, 6.07) is 11.5. The zero-order chi connectivity index (χ0) is 19.8. The van der Waals surface area contributed by atoms with E-state index in [0.29, 0.717) is 29.2 Å². The minimum atomic E-state index is -0.503. The Morgan fingerprint density at radius 2 is 1.89 bits per heavy atom. The van der Waals surface area contributed by atoms with Crippen molar-refractivity contribution in [1.29, 1.82) is 0 Å². The number of hydrogen-bond acceptors (Lipinski definition) is 2. The third kappa shape index (κ3) is 4.29. The van der Waals surface area contributed by atoms with Gasteiger partial charge >= 0.3 is 0 Å². The molecule has 2 atom stereocenters. The normalized spacial score (nSPS) is 20.7. The molecule has 2 aromatic rings. The molecule has 1 saturated heterocycles. The fourth-order valence-electron chi connectivity index (χ4n) is 3.78. The number of rotatable bonds is 3. The summed E-state index contributed by atoms with van der Waals surface area (Å²) in [5.41, 5.74) is 0.874. The Bertz CT molecular complexity index is 850. The van der Waals surface area contributed by atoms with Crippen molar-refractivity contribution < 1.29 is 9.18 Å². The van der Waals surface area contributed by atoms with Crippen molar-refractivity contribution in [2.24, 2.45) is 0 Å². The van der Waals surface area contributed by atoms with Crippen LogP contribution in [0.4, 0.5) is 10.1 Å². The molecule has 0 saturated carbocycles. The molecule has 2 unspecified atom stereocenters. The van der Waals surface area contributed by atoms with Crippen LogP contribution in [0.5, 0.6) is 0 Å². The van der Waals surface area contributed by atoms with Gasteiger partial charge in [-0.1, -0.05) is 41.4 Å². The molecule has 6 heteroatoms. The van der Waals surface area contributed by atoms with Crippen molar-refractivity contribution in [3.05, 3.63) is 63.9 Å². The number of anilines is 1. The summed E-state index contributed by atoms with van der Waals surface area (Å²) in [4.78, 5) is 15.3. The molecule has 1 fully saturated rings. The quantitative estimate of drug-likeness (QED) is 0.703. The molecular formula is C21H23Cl2FN2O. The van der Waals surface area contributed by atoms with Gasteiger partial charge in [-0.05, 0) is 57.0 Å². The Hall–Kier alpha value is -1.62. The van der Waals surface area contributed by atoms with E-state index in [2.05, 4.69) is 31.0 Å². The molecule has 1 aliphatic rings. The third-order valence-electron chi connectivity index (χ3n) is 5.00. The predicted molar refractivity (Wildman–Crippen MR) is 109 cm³/mol. The Kier molecular flexibility index (Phi) is 5.80. The number of hydrogen-bond donors (Lipinski definition) is 1. The lowest BCUT2D eigenvalue weighted by Gasteiger charge is -2.37. The third-order valence-corrected chi connectivity index (χ3v) is 5.53. The Labute approximate surface area is 169 Å². The van der Waals surface area contributed by atoms with E-state index in [1.54, 1.807) is 36.4 Å². The lowest BCUT2D eigenvalue weighted by molar-refractivity contribution is -0.122. The average Bonchev–Trinajstić information content (AvgIpc) is 3.02. The molecule has 3 nitrogen and oxygen atoms in total. The first-order valence-electron chi connectivity index (χ1n) is 8.95. The number of nitrogens with zero attached hydrogens (tertiary/aromatic N) is 1. The van der Waals surface area contributed by atoms with E-state index in [4.69, 9.17) is 23.2 Å². The number of likely N-dealkylation sites (tertiary alicyclic amines) is 1. The minimum absolute atomic E-state index is 0.0794. The first-order chi connectivity index (χ1) is 12.7. The fraction of sp³-hybridized carbons (Fsp3) is 0.381. The maximum Gasteiger partial charge on any atom is 0.242 e. The molecular weight excluding hydrogens is 386 g/mol. The summed E-state index contributed by atoms with van der Waals surface area (Å²) in [5.74, 6) is -0.892. The maximum absolute atomic E-state index is 14.7. The van der Waals surface area contributed by atoms with Gasteiger partial charge in [0.05, 0.1) is 11.1 Å². The monoisotopic (exact) mass is 408 g/mol. The molecule has 1 amide bonds. The van der Waals surface area contributed by atoms with Crippen molar-refractivity contribution >= 4 is 34.8 Å². The van der Waals surface area contributed by atoms with Gasteiger partial charge in [-0.3, -0.25) is 9.69 Å². The zero-order valence-electron chi connectivity index (χ0n) is 15.6. The van der Waals surface area contributed by atoms with E-state index < -0.39 is 11.9 Å². The molecule has 0 aliphatic carbocycles. The largest absolute Gasteiger partial charge is 0.325 e. The summed E-state index contributed by atoms with van der Waals surface area (Å²) >= 11 is 12.0. The van der Waals surface area contributed by atoms with Crippen LogP contribution in [0.1, 0.15) is 38.7 Å². The van der Waals surface area contributed by atoms with Gasteiger partial charge in [0.15, 0.2) is 0 Å². The molecule has 1 aliphatic heterocycles. The second-order valence-corrected chi connectivity index (χ2v) is 8.69. The Morgan fingerprint density at radius 1 is 1.19 bits per heavy atom. The van der Waals surface area contributed by atoms with E-state index in [9.17, 15) is 9.18 Å². The molecule has 1 N–H and O–H groups in total. The SMILES string of the molecule is CC(C)(C)N1CCC(c2cccc(Cl)c2F)C1C(=O)Nc1cccc(Cl)c1. The Morgan fingerprint density at radius 3 is 2.56 bits per heavy atom. The zero-order valence-corrected chi connectivity index (χ0v) is 17.1. The van der Waals surface area contributed by atoms with E-state index >= 15 is 0 Å². The number of nitrogens with one attached hydrogen (secondary N) is 1. The van der Waals surface area contributed by atoms with Gasteiger partial charge in [-0.25, -0.2) is 4.39 Å². The van der Waals surface area contributed by atoms with Gasteiger partial charge in [0.2, 0.25) is 5.91 Å². The highest BCUT2D eigenvalue weighted by Gasteiger charge is 2.45. The number of halogens is 3. The first-order valence-corrected chi connectivity index (χ1v) is 9.71. The second-order valence-electron chi connectivity index (χ2n) is 7.85. The lowest BCUT2D eigenvalue weighted by Crippen LogP contribution is -2.51. The van der Waals surface area contributed by atoms with Crippen LogP contribution in [0.15, 0.2) is 42.5 Å². The fourth-order valence-corrected chi connectivity index (χ4v) is 4.16.